The minimum absolute atomic E-state index is 0.0171. The fraction of sp³-hybridized carbons (Fsp3) is 0.333. The molecule has 0 aliphatic heterocycles. The molecule has 0 bridgehead atoms. The number of nitrogens with zero attached hydrogens (tertiary/aromatic N) is 1. The van der Waals surface area contributed by atoms with Gasteiger partial charge in [-0.2, -0.15) is 0 Å². The highest BCUT2D eigenvalue weighted by atomic mass is 16.5. The number of amides is 1. The second-order valence-electron chi connectivity index (χ2n) is 4.52. The molecule has 1 aromatic heterocycles. The van der Waals surface area contributed by atoms with Crippen molar-refractivity contribution in [2.75, 3.05) is 7.11 Å². The number of carbonyl (C=O) groups is 1. The highest BCUT2D eigenvalue weighted by molar-refractivity contribution is 5.76. The van der Waals surface area contributed by atoms with Gasteiger partial charge in [-0.3, -0.25) is 4.79 Å². The van der Waals surface area contributed by atoms with Crippen LogP contribution in [-0.2, 0) is 17.8 Å². The summed E-state index contributed by atoms with van der Waals surface area (Å²) in [5.74, 6) is 1.53. The SMILES string of the molecule is COc1ccccc1CCC(=O)NCc1cc(C)on1. The number of hydrogen-bond acceptors (Lipinski definition) is 4. The molecule has 0 saturated carbocycles. The number of carbonyl (C=O) groups excluding carboxylic acids is 1. The van der Waals surface area contributed by atoms with E-state index in [-0.39, 0.29) is 5.91 Å². The van der Waals surface area contributed by atoms with Gasteiger partial charge in [0.15, 0.2) is 0 Å². The monoisotopic (exact) mass is 274 g/mol. The Labute approximate surface area is 117 Å². The summed E-state index contributed by atoms with van der Waals surface area (Å²) in [6.45, 7) is 2.21. The molecule has 1 aromatic carbocycles. The highest BCUT2D eigenvalue weighted by Gasteiger charge is 2.07. The Hall–Kier alpha value is -2.30. The number of aryl methyl sites for hydroxylation is 2. The smallest absolute Gasteiger partial charge is 0.220 e. The maximum absolute atomic E-state index is 11.8. The van der Waals surface area contributed by atoms with Crippen molar-refractivity contribution in [1.29, 1.82) is 0 Å². The van der Waals surface area contributed by atoms with Crippen molar-refractivity contribution in [2.45, 2.75) is 26.3 Å². The zero-order valence-corrected chi connectivity index (χ0v) is 11.7. The zero-order valence-electron chi connectivity index (χ0n) is 11.7. The van der Waals surface area contributed by atoms with Gasteiger partial charge in [0.2, 0.25) is 5.91 Å². The van der Waals surface area contributed by atoms with Crippen molar-refractivity contribution in [2.24, 2.45) is 0 Å². The lowest BCUT2D eigenvalue weighted by Gasteiger charge is -2.07. The number of para-hydroxylation sites is 1. The molecule has 0 radical (unpaired) electrons. The summed E-state index contributed by atoms with van der Waals surface area (Å²) in [6.07, 6.45) is 1.06. The molecule has 0 aliphatic carbocycles. The van der Waals surface area contributed by atoms with Crippen molar-refractivity contribution in [3.05, 3.63) is 47.3 Å². The summed E-state index contributed by atoms with van der Waals surface area (Å²) in [7, 11) is 1.63. The van der Waals surface area contributed by atoms with Gasteiger partial charge >= 0.3 is 0 Å². The number of benzene rings is 1. The Bertz CT molecular complexity index is 578. The third-order valence-corrected chi connectivity index (χ3v) is 2.96. The number of ether oxygens (including phenoxy) is 1. The molecule has 1 amide bonds. The second kappa shape index (κ2) is 6.75. The minimum atomic E-state index is -0.0171. The second-order valence-corrected chi connectivity index (χ2v) is 4.52. The molecule has 0 saturated heterocycles. The van der Waals surface area contributed by atoms with Crippen LogP contribution in [0.4, 0.5) is 0 Å². The predicted octanol–water partition coefficient (Wildman–Crippen LogP) is 2.24. The lowest BCUT2D eigenvalue weighted by atomic mass is 10.1. The molecule has 0 unspecified atom stereocenters. The molecule has 5 nitrogen and oxygen atoms in total. The van der Waals surface area contributed by atoms with Crippen molar-refractivity contribution in [3.63, 3.8) is 0 Å². The first kappa shape index (κ1) is 14.1. The molecule has 0 fully saturated rings. The van der Waals surface area contributed by atoms with E-state index in [4.69, 9.17) is 9.26 Å². The van der Waals surface area contributed by atoms with Gasteiger partial charge in [0.05, 0.1) is 13.7 Å². The van der Waals surface area contributed by atoms with Gasteiger partial charge in [0, 0.05) is 12.5 Å². The maximum Gasteiger partial charge on any atom is 0.220 e. The Morgan fingerprint density at radius 1 is 1.40 bits per heavy atom. The topological polar surface area (TPSA) is 64.4 Å². The molecule has 0 aliphatic rings. The van der Waals surface area contributed by atoms with E-state index in [1.807, 2.05) is 31.2 Å². The molecule has 1 N–H and O–H groups in total. The zero-order chi connectivity index (χ0) is 14.4. The van der Waals surface area contributed by atoms with Crippen LogP contribution in [0.15, 0.2) is 34.9 Å². The van der Waals surface area contributed by atoms with Crippen LogP contribution in [0.5, 0.6) is 5.75 Å². The Balaban J connectivity index is 1.80. The van der Waals surface area contributed by atoms with Crippen LogP contribution in [-0.4, -0.2) is 18.2 Å². The van der Waals surface area contributed by atoms with Crippen LogP contribution in [0.3, 0.4) is 0 Å². The standard InChI is InChI=1S/C15H18N2O3/c1-11-9-13(17-20-11)10-16-15(18)8-7-12-5-3-4-6-14(12)19-2/h3-6,9H,7-8,10H2,1-2H3,(H,16,18). The molecule has 2 rings (SSSR count). The van der Waals surface area contributed by atoms with E-state index in [1.165, 1.54) is 0 Å². The number of hydrogen-bond donors (Lipinski definition) is 1. The van der Waals surface area contributed by atoms with Gasteiger partial charge in [-0.1, -0.05) is 23.4 Å². The fourth-order valence-electron chi connectivity index (χ4n) is 1.94. The first-order valence-electron chi connectivity index (χ1n) is 6.50. The Morgan fingerprint density at radius 2 is 2.20 bits per heavy atom. The highest BCUT2D eigenvalue weighted by Crippen LogP contribution is 2.18. The van der Waals surface area contributed by atoms with Gasteiger partial charge in [-0.15, -0.1) is 0 Å². The summed E-state index contributed by atoms with van der Waals surface area (Å²) < 4.78 is 10.2. The van der Waals surface area contributed by atoms with E-state index >= 15 is 0 Å². The molecular weight excluding hydrogens is 256 g/mol. The van der Waals surface area contributed by atoms with Gasteiger partial charge in [0.25, 0.3) is 0 Å². The molecule has 5 heteroatoms. The lowest BCUT2D eigenvalue weighted by molar-refractivity contribution is -0.121. The third-order valence-electron chi connectivity index (χ3n) is 2.96. The molecule has 0 spiro atoms. The van der Waals surface area contributed by atoms with Crippen LogP contribution in [0.2, 0.25) is 0 Å². The van der Waals surface area contributed by atoms with Crippen molar-refractivity contribution in [3.8, 4) is 5.75 Å². The van der Waals surface area contributed by atoms with E-state index in [1.54, 1.807) is 13.2 Å². The molecule has 0 atom stereocenters. The molecule has 20 heavy (non-hydrogen) atoms. The average molecular weight is 274 g/mol. The van der Waals surface area contributed by atoms with E-state index in [2.05, 4.69) is 10.5 Å². The van der Waals surface area contributed by atoms with Crippen molar-refractivity contribution in [1.82, 2.24) is 10.5 Å². The summed E-state index contributed by atoms with van der Waals surface area (Å²) in [5, 5.41) is 6.64. The normalized spacial score (nSPS) is 10.3. The molecule has 2 aromatic rings. The largest absolute Gasteiger partial charge is 0.496 e. The third kappa shape index (κ3) is 3.85. The fourth-order valence-corrected chi connectivity index (χ4v) is 1.94. The van der Waals surface area contributed by atoms with Crippen LogP contribution >= 0.6 is 0 Å². The minimum Gasteiger partial charge on any atom is -0.496 e. The van der Waals surface area contributed by atoms with Gasteiger partial charge in [0.1, 0.15) is 17.2 Å². The van der Waals surface area contributed by atoms with Crippen LogP contribution in [0.1, 0.15) is 23.4 Å². The van der Waals surface area contributed by atoms with Gasteiger partial charge < -0.3 is 14.6 Å². The first-order chi connectivity index (χ1) is 9.69. The van der Waals surface area contributed by atoms with Crippen LogP contribution in [0, 0.1) is 6.92 Å². The summed E-state index contributed by atoms with van der Waals surface area (Å²) in [5.41, 5.74) is 1.76. The molecular formula is C15H18N2O3. The van der Waals surface area contributed by atoms with Gasteiger partial charge in [-0.25, -0.2) is 0 Å². The van der Waals surface area contributed by atoms with Crippen LogP contribution < -0.4 is 10.1 Å². The van der Waals surface area contributed by atoms with Crippen molar-refractivity contribution < 1.29 is 14.1 Å². The number of nitrogens with one attached hydrogen (secondary N) is 1. The van der Waals surface area contributed by atoms with E-state index < -0.39 is 0 Å². The maximum atomic E-state index is 11.8. The number of rotatable bonds is 6. The summed E-state index contributed by atoms with van der Waals surface area (Å²) in [6, 6.07) is 9.52. The van der Waals surface area contributed by atoms with Crippen molar-refractivity contribution >= 4 is 5.91 Å². The predicted molar refractivity (Wildman–Crippen MR) is 74.4 cm³/mol. The Kier molecular flexibility index (Phi) is 4.76. The van der Waals surface area contributed by atoms with E-state index in [0.717, 1.165) is 22.8 Å². The molecule has 106 valence electrons. The quantitative estimate of drug-likeness (QED) is 0.877. The van der Waals surface area contributed by atoms with Crippen LogP contribution in [0.25, 0.3) is 0 Å². The number of aromatic nitrogens is 1. The molecule has 1 heterocycles. The average Bonchev–Trinajstić information content (AvgIpc) is 2.89. The number of methoxy groups -OCH3 is 1. The first-order valence-corrected chi connectivity index (χ1v) is 6.50. The van der Waals surface area contributed by atoms with Gasteiger partial charge in [-0.05, 0) is 25.0 Å². The van der Waals surface area contributed by atoms with E-state index in [0.29, 0.717) is 19.4 Å². The van der Waals surface area contributed by atoms with E-state index in [9.17, 15) is 4.79 Å². The Morgan fingerprint density at radius 3 is 2.90 bits per heavy atom. The summed E-state index contributed by atoms with van der Waals surface area (Å²) >= 11 is 0. The lowest BCUT2D eigenvalue weighted by Crippen LogP contribution is -2.23. The summed E-state index contributed by atoms with van der Waals surface area (Å²) in [4.78, 5) is 11.8.